The number of carboxylic acid groups (broad SMARTS) is 2. The molecule has 0 aromatic heterocycles. The Morgan fingerprint density at radius 2 is 1.76 bits per heavy atom. The van der Waals surface area contributed by atoms with Crippen LogP contribution in [0, 0.1) is 5.92 Å². The smallest absolute Gasteiger partial charge is 0.320 e. The number of carbonyl (C=O) groups is 2. The molecule has 1 aromatic rings. The first kappa shape index (κ1) is 24.6. The van der Waals surface area contributed by atoms with Crippen LogP contribution in [0.2, 0.25) is 0 Å². The zero-order valence-corrected chi connectivity index (χ0v) is 16.8. The third kappa shape index (κ3) is 10.0. The normalized spacial score (nSPS) is 18.6. The highest BCUT2D eigenvalue weighted by molar-refractivity contribution is 5.87. The molecular weight excluding hydrogens is 374 g/mol. The highest BCUT2D eigenvalue weighted by Crippen LogP contribution is 2.25. The number of nitrogens with zero attached hydrogens (tertiary/aromatic N) is 1. The van der Waals surface area contributed by atoms with E-state index in [4.69, 9.17) is 26.9 Å². The molecule has 1 aliphatic carbocycles. The number of nitrogens with two attached hydrogens (primary N) is 2. The molecule has 0 saturated heterocycles. The summed E-state index contributed by atoms with van der Waals surface area (Å²) in [7, 11) is 0. The maximum atomic E-state index is 10.6. The fraction of sp³-hybridized carbons (Fsp3) is 0.571. The Morgan fingerprint density at radius 3 is 2.31 bits per heavy atom. The predicted molar refractivity (Wildman–Crippen MR) is 111 cm³/mol. The molecule has 0 heterocycles. The van der Waals surface area contributed by atoms with Crippen molar-refractivity contribution in [1.29, 1.82) is 0 Å². The number of carboxylic acids is 2. The van der Waals surface area contributed by atoms with E-state index in [1.165, 1.54) is 12.0 Å². The van der Waals surface area contributed by atoms with E-state index in [-0.39, 0.29) is 6.42 Å². The summed E-state index contributed by atoms with van der Waals surface area (Å²) < 4.78 is 0. The van der Waals surface area contributed by atoms with Crippen LogP contribution in [0.3, 0.4) is 0 Å². The molecule has 0 amide bonds. The van der Waals surface area contributed by atoms with E-state index < -0.39 is 18.0 Å². The van der Waals surface area contributed by atoms with Crippen LogP contribution in [-0.2, 0) is 22.4 Å². The van der Waals surface area contributed by atoms with Gasteiger partial charge in [-0.25, -0.2) is 0 Å². The van der Waals surface area contributed by atoms with Gasteiger partial charge >= 0.3 is 11.9 Å². The third-order valence-electron chi connectivity index (χ3n) is 4.98. The Kier molecular flexibility index (Phi) is 11.6. The molecule has 8 heteroatoms. The molecule has 7 N–H and O–H groups in total. The summed E-state index contributed by atoms with van der Waals surface area (Å²) in [5.74, 6) is -1.42. The average Bonchev–Trinajstić information content (AvgIpc) is 2.70. The Morgan fingerprint density at radius 1 is 1.10 bits per heavy atom. The SMILES string of the molecule is NCCCC[C@H](N)C(=O)O.O=C(O)Cc1ccc(CC2CCCC/C2=N/O)cc1. The summed E-state index contributed by atoms with van der Waals surface area (Å²) in [4.78, 5) is 20.7. The molecule has 1 fully saturated rings. The summed E-state index contributed by atoms with van der Waals surface area (Å²) in [5, 5.41) is 29.5. The molecule has 0 aliphatic heterocycles. The molecule has 0 bridgehead atoms. The van der Waals surface area contributed by atoms with Gasteiger partial charge in [0.1, 0.15) is 6.04 Å². The van der Waals surface area contributed by atoms with Gasteiger partial charge in [0, 0.05) is 5.92 Å². The zero-order chi connectivity index (χ0) is 21.6. The molecule has 1 aromatic carbocycles. The van der Waals surface area contributed by atoms with Gasteiger partial charge in [0.25, 0.3) is 0 Å². The molecule has 1 unspecified atom stereocenters. The summed E-state index contributed by atoms with van der Waals surface area (Å²) >= 11 is 0. The van der Waals surface area contributed by atoms with Crippen molar-refractivity contribution in [3.63, 3.8) is 0 Å². The molecule has 1 saturated carbocycles. The van der Waals surface area contributed by atoms with Crippen LogP contribution in [0.15, 0.2) is 29.4 Å². The van der Waals surface area contributed by atoms with Crippen LogP contribution in [0.1, 0.15) is 56.1 Å². The standard InChI is InChI=1S/C15H19NO3.C6H14N2O2/c17-15(18)10-12-7-5-11(6-8-12)9-13-3-1-2-4-14(13)16-19;7-4-2-1-3-5(8)6(9)10/h5-8,13,19H,1-4,9-10H2,(H,17,18);5H,1-4,7-8H2,(H,9,10)/b16-14-;/t;5-/m.0/s1. The van der Waals surface area contributed by atoms with Crippen molar-refractivity contribution in [2.24, 2.45) is 22.5 Å². The first-order valence-corrected chi connectivity index (χ1v) is 10.1. The molecule has 29 heavy (non-hydrogen) atoms. The highest BCUT2D eigenvalue weighted by atomic mass is 16.4. The Hall–Kier alpha value is -2.45. The van der Waals surface area contributed by atoms with E-state index in [0.717, 1.165) is 49.8 Å². The minimum Gasteiger partial charge on any atom is -0.481 e. The van der Waals surface area contributed by atoms with Crippen molar-refractivity contribution in [3.8, 4) is 0 Å². The van der Waals surface area contributed by atoms with Crippen LogP contribution in [0.5, 0.6) is 0 Å². The van der Waals surface area contributed by atoms with Gasteiger partial charge in [-0.15, -0.1) is 0 Å². The molecule has 0 radical (unpaired) electrons. The summed E-state index contributed by atoms with van der Waals surface area (Å²) in [6.07, 6.45) is 7.33. The second-order valence-corrected chi connectivity index (χ2v) is 7.35. The van der Waals surface area contributed by atoms with Crippen LogP contribution in [0.4, 0.5) is 0 Å². The number of unbranched alkanes of at least 4 members (excludes halogenated alkanes) is 1. The monoisotopic (exact) mass is 407 g/mol. The number of rotatable bonds is 9. The van der Waals surface area contributed by atoms with E-state index in [1.54, 1.807) is 0 Å². The van der Waals surface area contributed by atoms with Gasteiger partial charge in [-0.2, -0.15) is 0 Å². The molecular formula is C21H33N3O5. The number of hydrogen-bond donors (Lipinski definition) is 5. The maximum absolute atomic E-state index is 10.6. The van der Waals surface area contributed by atoms with E-state index in [2.05, 4.69) is 5.16 Å². The van der Waals surface area contributed by atoms with Gasteiger partial charge in [-0.3, -0.25) is 9.59 Å². The van der Waals surface area contributed by atoms with E-state index in [9.17, 15) is 9.59 Å². The number of aliphatic carboxylic acids is 2. The van der Waals surface area contributed by atoms with Crippen molar-refractivity contribution >= 4 is 17.7 Å². The van der Waals surface area contributed by atoms with Crippen molar-refractivity contribution in [2.45, 2.75) is 63.8 Å². The van der Waals surface area contributed by atoms with E-state index >= 15 is 0 Å². The topological polar surface area (TPSA) is 159 Å². The summed E-state index contributed by atoms with van der Waals surface area (Å²) in [6.45, 7) is 0.604. The van der Waals surface area contributed by atoms with Gasteiger partial charge < -0.3 is 26.9 Å². The van der Waals surface area contributed by atoms with Crippen molar-refractivity contribution in [2.75, 3.05) is 6.54 Å². The minimum absolute atomic E-state index is 0.0626. The van der Waals surface area contributed by atoms with Gasteiger partial charge in [0.15, 0.2) is 0 Å². The van der Waals surface area contributed by atoms with Gasteiger partial charge in [-0.1, -0.05) is 42.3 Å². The van der Waals surface area contributed by atoms with Gasteiger partial charge in [-0.05, 0) is 56.2 Å². The molecule has 162 valence electrons. The van der Waals surface area contributed by atoms with Crippen LogP contribution in [-0.4, -0.2) is 45.7 Å². The quantitative estimate of drug-likeness (QED) is 0.239. The second kappa shape index (κ2) is 13.7. The fourth-order valence-electron chi connectivity index (χ4n) is 3.30. The minimum atomic E-state index is -0.933. The molecule has 0 spiro atoms. The van der Waals surface area contributed by atoms with Gasteiger partial charge in [0.2, 0.25) is 0 Å². The van der Waals surface area contributed by atoms with Gasteiger partial charge in [0.05, 0.1) is 12.1 Å². The Balaban J connectivity index is 0.000000359. The lowest BCUT2D eigenvalue weighted by molar-refractivity contribution is -0.139. The van der Waals surface area contributed by atoms with Crippen molar-refractivity contribution in [3.05, 3.63) is 35.4 Å². The largest absolute Gasteiger partial charge is 0.481 e. The molecule has 2 atom stereocenters. The fourth-order valence-corrected chi connectivity index (χ4v) is 3.30. The predicted octanol–water partition coefficient (Wildman–Crippen LogP) is 2.40. The lowest BCUT2D eigenvalue weighted by atomic mass is 9.83. The number of oxime groups is 1. The third-order valence-corrected chi connectivity index (χ3v) is 4.98. The lowest BCUT2D eigenvalue weighted by Gasteiger charge is -2.22. The van der Waals surface area contributed by atoms with Crippen molar-refractivity contribution < 1.29 is 25.0 Å². The first-order chi connectivity index (χ1) is 13.9. The molecule has 1 aliphatic rings. The maximum Gasteiger partial charge on any atom is 0.320 e. The summed E-state index contributed by atoms with van der Waals surface area (Å²) in [5.41, 5.74) is 13.3. The van der Waals surface area contributed by atoms with Crippen molar-refractivity contribution in [1.82, 2.24) is 0 Å². The van der Waals surface area contributed by atoms with Crippen LogP contribution < -0.4 is 11.5 Å². The number of hydrogen-bond acceptors (Lipinski definition) is 6. The van der Waals surface area contributed by atoms with E-state index in [1.807, 2.05) is 24.3 Å². The average molecular weight is 408 g/mol. The van der Waals surface area contributed by atoms with Crippen LogP contribution in [0.25, 0.3) is 0 Å². The Bertz CT molecular complexity index is 661. The molecule has 2 rings (SSSR count). The first-order valence-electron chi connectivity index (χ1n) is 10.1. The second-order valence-electron chi connectivity index (χ2n) is 7.35. The number of benzene rings is 1. The van der Waals surface area contributed by atoms with Crippen LogP contribution >= 0.6 is 0 Å². The zero-order valence-electron chi connectivity index (χ0n) is 16.8. The summed E-state index contributed by atoms with van der Waals surface area (Å²) in [6, 6.07) is 6.96. The molecule has 8 nitrogen and oxygen atoms in total. The lowest BCUT2D eigenvalue weighted by Crippen LogP contribution is -2.29. The highest BCUT2D eigenvalue weighted by Gasteiger charge is 2.21. The van der Waals surface area contributed by atoms with E-state index in [0.29, 0.717) is 18.9 Å². The Labute approximate surface area is 171 Å².